The lowest BCUT2D eigenvalue weighted by Gasteiger charge is -2.36. The largest absolute Gasteiger partial charge is 0.462 e. The average Bonchev–Trinajstić information content (AvgIpc) is 2.70. The number of ether oxygens (including phenoxy) is 1. The standard InChI is InChI=1S/C28H54O2.Mg.H2O.2H/c1-5-6-7-8-9-10-11-12-13-14-15-16-17-18-19-20-28(29)30-27-23-25(4)21-22-26(27)24(2)3;;;;/h24-27H,5-23H2,1-4H3;;1H2;;. The van der Waals surface area contributed by atoms with Crippen molar-refractivity contribution in [2.75, 3.05) is 0 Å². The Balaban J connectivity index is 0. The van der Waals surface area contributed by atoms with Crippen molar-refractivity contribution in [2.24, 2.45) is 17.8 Å². The van der Waals surface area contributed by atoms with Crippen molar-refractivity contribution in [1.29, 1.82) is 0 Å². The maximum absolute atomic E-state index is 12.3. The molecule has 3 atom stereocenters. The van der Waals surface area contributed by atoms with E-state index < -0.39 is 0 Å². The summed E-state index contributed by atoms with van der Waals surface area (Å²) in [5.74, 6) is 1.92. The van der Waals surface area contributed by atoms with Gasteiger partial charge in [0.2, 0.25) is 0 Å². The van der Waals surface area contributed by atoms with Crippen LogP contribution in [0, 0.1) is 17.8 Å². The summed E-state index contributed by atoms with van der Waals surface area (Å²) in [6, 6.07) is 0. The smallest absolute Gasteiger partial charge is 0.316 e. The van der Waals surface area contributed by atoms with E-state index in [2.05, 4.69) is 27.7 Å². The minimum atomic E-state index is 0. The van der Waals surface area contributed by atoms with Crippen molar-refractivity contribution < 1.29 is 15.0 Å². The molecule has 1 fully saturated rings. The van der Waals surface area contributed by atoms with Gasteiger partial charge in [-0.05, 0) is 37.0 Å². The molecule has 0 aromatic rings. The predicted octanol–water partition coefficient (Wildman–Crippen LogP) is 7.51. The van der Waals surface area contributed by atoms with Gasteiger partial charge in [-0.15, -0.1) is 0 Å². The fraction of sp³-hybridized carbons (Fsp3) is 0.964. The fourth-order valence-corrected chi connectivity index (χ4v) is 5.12. The van der Waals surface area contributed by atoms with Crippen LogP contribution in [0.15, 0.2) is 0 Å². The van der Waals surface area contributed by atoms with E-state index in [9.17, 15) is 4.79 Å². The topological polar surface area (TPSA) is 57.8 Å². The molecule has 0 heterocycles. The van der Waals surface area contributed by atoms with Gasteiger partial charge in [0.1, 0.15) is 6.10 Å². The van der Waals surface area contributed by atoms with E-state index in [0.29, 0.717) is 24.2 Å². The summed E-state index contributed by atoms with van der Waals surface area (Å²) in [7, 11) is 0. The van der Waals surface area contributed by atoms with E-state index in [0.717, 1.165) is 12.8 Å². The minimum Gasteiger partial charge on any atom is -0.462 e. The van der Waals surface area contributed by atoms with Crippen molar-refractivity contribution in [1.82, 2.24) is 0 Å². The summed E-state index contributed by atoms with van der Waals surface area (Å²) in [6.45, 7) is 9.13. The van der Waals surface area contributed by atoms with Gasteiger partial charge in [-0.2, -0.15) is 0 Å². The maximum atomic E-state index is 12.3. The SMILES string of the molecule is CCCCCCCCCCCCCCCCCC(=O)OC1CC(C)CCC1C(C)C.O.[MgH2]. The molecule has 0 radical (unpaired) electrons. The first kappa shape index (κ1) is 34.4. The zero-order valence-corrected chi connectivity index (χ0v) is 21.6. The number of carbonyl (C=O) groups excluding carboxylic acids is 1. The van der Waals surface area contributed by atoms with Gasteiger partial charge < -0.3 is 10.2 Å². The molecule has 0 spiro atoms. The highest BCUT2D eigenvalue weighted by atomic mass is 24.3. The molecule has 2 N–H and O–H groups in total. The number of unbranched alkanes of at least 4 members (excludes halogenated alkanes) is 14. The van der Waals surface area contributed by atoms with Gasteiger partial charge in [-0.1, -0.05) is 124 Å². The van der Waals surface area contributed by atoms with E-state index in [4.69, 9.17) is 4.74 Å². The van der Waals surface area contributed by atoms with Crippen LogP contribution in [-0.4, -0.2) is 40.6 Å². The number of hydrogen-bond donors (Lipinski definition) is 0. The van der Waals surface area contributed by atoms with Crippen LogP contribution < -0.4 is 0 Å². The summed E-state index contributed by atoms with van der Waals surface area (Å²) in [6.07, 6.45) is 24.7. The van der Waals surface area contributed by atoms with E-state index in [1.165, 1.54) is 103 Å². The molecule has 32 heavy (non-hydrogen) atoms. The molecule has 3 nitrogen and oxygen atoms in total. The molecule has 190 valence electrons. The van der Waals surface area contributed by atoms with Crippen LogP contribution in [0.2, 0.25) is 0 Å². The van der Waals surface area contributed by atoms with Crippen LogP contribution in [0.25, 0.3) is 0 Å². The van der Waals surface area contributed by atoms with Crippen LogP contribution in [0.3, 0.4) is 0 Å². The van der Waals surface area contributed by atoms with E-state index >= 15 is 0 Å². The molecule has 0 amide bonds. The Kier molecular flexibility index (Phi) is 24.7. The quantitative estimate of drug-likeness (QED) is 0.119. The van der Waals surface area contributed by atoms with Gasteiger partial charge in [0.15, 0.2) is 0 Å². The van der Waals surface area contributed by atoms with E-state index in [1.807, 2.05) is 0 Å². The zero-order chi connectivity index (χ0) is 22.0. The number of carbonyl (C=O) groups is 1. The molecule has 3 unspecified atom stereocenters. The van der Waals surface area contributed by atoms with Gasteiger partial charge in [0.05, 0.1) is 0 Å². The third-order valence-electron chi connectivity index (χ3n) is 7.23. The van der Waals surface area contributed by atoms with Gasteiger partial charge in [-0.25, -0.2) is 0 Å². The van der Waals surface area contributed by atoms with Crippen LogP contribution in [0.5, 0.6) is 0 Å². The van der Waals surface area contributed by atoms with Gasteiger partial charge in [0.25, 0.3) is 0 Å². The van der Waals surface area contributed by atoms with Crippen molar-refractivity contribution in [3.05, 3.63) is 0 Å². The zero-order valence-electron chi connectivity index (χ0n) is 21.6. The Morgan fingerprint density at radius 2 is 1.22 bits per heavy atom. The lowest BCUT2D eigenvalue weighted by Crippen LogP contribution is -2.35. The van der Waals surface area contributed by atoms with E-state index in [-0.39, 0.29) is 40.6 Å². The normalized spacial score (nSPS) is 20.5. The van der Waals surface area contributed by atoms with Crippen LogP contribution in [0.1, 0.15) is 150 Å². The van der Waals surface area contributed by atoms with Crippen molar-refractivity contribution in [2.45, 2.75) is 156 Å². The highest BCUT2D eigenvalue weighted by Crippen LogP contribution is 2.35. The summed E-state index contributed by atoms with van der Waals surface area (Å²) in [5, 5.41) is 0. The first-order valence-electron chi connectivity index (χ1n) is 13.7. The molecule has 0 bridgehead atoms. The lowest BCUT2D eigenvalue weighted by molar-refractivity contribution is -0.156. The van der Waals surface area contributed by atoms with Gasteiger partial charge >= 0.3 is 29.0 Å². The molecule has 4 heteroatoms. The molecule has 0 saturated heterocycles. The lowest BCUT2D eigenvalue weighted by atomic mass is 9.75. The van der Waals surface area contributed by atoms with E-state index in [1.54, 1.807) is 0 Å². The van der Waals surface area contributed by atoms with Crippen molar-refractivity contribution in [3.8, 4) is 0 Å². The Bertz CT molecular complexity index is 413. The molecule has 0 aromatic heterocycles. The summed E-state index contributed by atoms with van der Waals surface area (Å²) in [4.78, 5) is 12.3. The monoisotopic (exact) mass is 466 g/mol. The Hall–Kier alpha value is 0.196. The predicted molar refractivity (Wildman–Crippen MR) is 143 cm³/mol. The second kappa shape index (κ2) is 23.0. The highest BCUT2D eigenvalue weighted by Gasteiger charge is 2.33. The Morgan fingerprint density at radius 3 is 1.66 bits per heavy atom. The second-order valence-electron chi connectivity index (χ2n) is 10.6. The summed E-state index contributed by atoms with van der Waals surface area (Å²) < 4.78 is 5.92. The molecule has 1 aliphatic rings. The first-order chi connectivity index (χ1) is 14.5. The van der Waals surface area contributed by atoms with Crippen molar-refractivity contribution in [3.63, 3.8) is 0 Å². The average molecular weight is 467 g/mol. The van der Waals surface area contributed by atoms with Crippen molar-refractivity contribution >= 4 is 29.0 Å². The molecular weight excluding hydrogens is 409 g/mol. The summed E-state index contributed by atoms with van der Waals surface area (Å²) in [5.41, 5.74) is 0. The minimum absolute atomic E-state index is 0. The number of hydrogen-bond acceptors (Lipinski definition) is 2. The Labute approximate surface area is 217 Å². The molecule has 0 aliphatic heterocycles. The fourth-order valence-electron chi connectivity index (χ4n) is 5.12. The Morgan fingerprint density at radius 1 is 0.781 bits per heavy atom. The maximum Gasteiger partial charge on any atom is 0.316 e. The van der Waals surface area contributed by atoms with Gasteiger partial charge in [0, 0.05) is 6.42 Å². The third kappa shape index (κ3) is 17.6. The highest BCUT2D eigenvalue weighted by molar-refractivity contribution is 5.75. The third-order valence-corrected chi connectivity index (χ3v) is 7.23. The van der Waals surface area contributed by atoms with Crippen LogP contribution >= 0.6 is 0 Å². The summed E-state index contributed by atoms with van der Waals surface area (Å²) >= 11 is 0. The second-order valence-corrected chi connectivity index (χ2v) is 10.6. The van der Waals surface area contributed by atoms with Crippen LogP contribution in [-0.2, 0) is 9.53 Å². The molecule has 1 saturated carbocycles. The molecular formula is C28H58MgO3. The number of rotatable bonds is 18. The van der Waals surface area contributed by atoms with Crippen LogP contribution in [0.4, 0.5) is 0 Å². The molecule has 1 aliphatic carbocycles. The number of esters is 1. The molecule has 0 aromatic carbocycles. The molecule has 1 rings (SSSR count). The van der Waals surface area contributed by atoms with Gasteiger partial charge in [-0.3, -0.25) is 4.79 Å². The first-order valence-corrected chi connectivity index (χ1v) is 13.7.